The zero-order valence-corrected chi connectivity index (χ0v) is 11.5. The van der Waals surface area contributed by atoms with Crippen LogP contribution in [0.15, 0.2) is 18.2 Å². The first kappa shape index (κ1) is 13.5. The lowest BCUT2D eigenvalue weighted by molar-refractivity contribution is 0.395. The number of alkyl halides is 1. The van der Waals surface area contributed by atoms with E-state index in [-0.39, 0.29) is 0 Å². The molecule has 1 rings (SSSR count). The number of hydrogen-bond acceptors (Lipinski definition) is 3. The van der Waals surface area contributed by atoms with Crippen LogP contribution in [0.2, 0.25) is 0 Å². The zero-order valence-electron chi connectivity index (χ0n) is 9.87. The van der Waals surface area contributed by atoms with Crippen LogP contribution in [0.25, 0.3) is 0 Å². The number of rotatable bonds is 7. The Morgan fingerprint density at radius 2 is 2.31 bits per heavy atom. The maximum Gasteiger partial charge on any atom is 0.213 e. The number of nitrogens with one attached hydrogen (secondary N) is 1. The zero-order chi connectivity index (χ0) is 11.8. The van der Waals surface area contributed by atoms with Crippen molar-refractivity contribution in [1.82, 2.24) is 10.3 Å². The fourth-order valence-electron chi connectivity index (χ4n) is 1.35. The fraction of sp³-hybridized carbons (Fsp3) is 0.583. The van der Waals surface area contributed by atoms with Crippen LogP contribution in [-0.2, 0) is 6.54 Å². The molecule has 0 saturated carbocycles. The number of nitrogens with zero attached hydrogens (tertiary/aromatic N) is 1. The Labute approximate surface area is 106 Å². The highest BCUT2D eigenvalue weighted by Crippen LogP contribution is 2.08. The lowest BCUT2D eigenvalue weighted by atomic mass is 10.2. The third-order valence-corrected chi connectivity index (χ3v) is 3.48. The highest BCUT2D eigenvalue weighted by molar-refractivity contribution is 9.09. The van der Waals surface area contributed by atoms with E-state index >= 15 is 0 Å². The Bertz CT molecular complexity index is 307. The van der Waals surface area contributed by atoms with E-state index in [4.69, 9.17) is 4.74 Å². The van der Waals surface area contributed by atoms with Gasteiger partial charge in [-0.15, -0.1) is 0 Å². The Balaban J connectivity index is 2.26. The van der Waals surface area contributed by atoms with E-state index in [1.165, 1.54) is 6.42 Å². The highest BCUT2D eigenvalue weighted by Gasteiger charge is 2.00. The normalized spacial score (nSPS) is 12.4. The first-order valence-corrected chi connectivity index (χ1v) is 6.52. The summed E-state index contributed by atoms with van der Waals surface area (Å²) in [5.41, 5.74) is 1.02. The summed E-state index contributed by atoms with van der Waals surface area (Å²) < 4.78 is 5.07. The Morgan fingerprint density at radius 3 is 3.00 bits per heavy atom. The average molecular weight is 287 g/mol. The van der Waals surface area contributed by atoms with Gasteiger partial charge >= 0.3 is 0 Å². The summed E-state index contributed by atoms with van der Waals surface area (Å²) >= 11 is 3.61. The van der Waals surface area contributed by atoms with Crippen LogP contribution in [0.5, 0.6) is 5.88 Å². The van der Waals surface area contributed by atoms with E-state index in [1.807, 2.05) is 18.2 Å². The highest BCUT2D eigenvalue weighted by atomic mass is 79.9. The van der Waals surface area contributed by atoms with Gasteiger partial charge in [-0.2, -0.15) is 0 Å². The summed E-state index contributed by atoms with van der Waals surface area (Å²) in [5, 5.41) is 3.37. The molecule has 0 aliphatic heterocycles. The molecule has 0 saturated heterocycles. The number of pyridine rings is 1. The first-order chi connectivity index (χ1) is 7.76. The van der Waals surface area contributed by atoms with E-state index < -0.39 is 0 Å². The van der Waals surface area contributed by atoms with Crippen molar-refractivity contribution in [2.24, 2.45) is 0 Å². The van der Waals surface area contributed by atoms with Gasteiger partial charge in [0.05, 0.1) is 12.8 Å². The molecule has 90 valence electrons. The van der Waals surface area contributed by atoms with Crippen LogP contribution in [0, 0.1) is 0 Å². The van der Waals surface area contributed by atoms with E-state index in [0.29, 0.717) is 10.7 Å². The summed E-state index contributed by atoms with van der Waals surface area (Å²) in [6, 6.07) is 5.82. The topological polar surface area (TPSA) is 34.1 Å². The van der Waals surface area contributed by atoms with Crippen molar-refractivity contribution in [3.05, 3.63) is 23.9 Å². The van der Waals surface area contributed by atoms with Gasteiger partial charge in [0, 0.05) is 17.4 Å². The molecule has 1 unspecified atom stereocenters. The van der Waals surface area contributed by atoms with E-state index in [2.05, 4.69) is 33.2 Å². The molecule has 0 aromatic carbocycles. The molecule has 0 aliphatic rings. The molecule has 0 aliphatic carbocycles. The second-order valence-corrected chi connectivity index (χ2v) is 4.94. The maximum absolute atomic E-state index is 5.07. The van der Waals surface area contributed by atoms with Crippen LogP contribution in [0.1, 0.15) is 25.5 Å². The molecular weight excluding hydrogens is 268 g/mol. The third kappa shape index (κ3) is 4.94. The third-order valence-electron chi connectivity index (χ3n) is 2.37. The molecule has 3 nitrogen and oxygen atoms in total. The number of ether oxygens (including phenoxy) is 1. The standard InChI is InChI=1S/C12H19BrN2O/c1-3-10(13)7-8-14-9-11-5-4-6-12(15-11)16-2/h4-6,10,14H,3,7-9H2,1-2H3. The van der Waals surface area contributed by atoms with Crippen LogP contribution in [0.3, 0.4) is 0 Å². The summed E-state index contributed by atoms with van der Waals surface area (Å²) in [5.74, 6) is 0.672. The van der Waals surface area contributed by atoms with Crippen LogP contribution in [0.4, 0.5) is 0 Å². The molecule has 0 spiro atoms. The van der Waals surface area contributed by atoms with Crippen LogP contribution in [-0.4, -0.2) is 23.5 Å². The average Bonchev–Trinajstić information content (AvgIpc) is 2.34. The second kappa shape index (κ2) is 7.63. The largest absolute Gasteiger partial charge is 0.481 e. The van der Waals surface area contributed by atoms with Crippen molar-refractivity contribution >= 4 is 15.9 Å². The van der Waals surface area contributed by atoms with Crippen LogP contribution < -0.4 is 10.1 Å². The van der Waals surface area contributed by atoms with Crippen molar-refractivity contribution in [2.75, 3.05) is 13.7 Å². The monoisotopic (exact) mass is 286 g/mol. The first-order valence-electron chi connectivity index (χ1n) is 5.61. The fourth-order valence-corrected chi connectivity index (χ4v) is 1.58. The molecule has 1 aromatic heterocycles. The summed E-state index contributed by atoms with van der Waals surface area (Å²) in [7, 11) is 1.64. The van der Waals surface area contributed by atoms with E-state index in [1.54, 1.807) is 7.11 Å². The molecule has 0 fully saturated rings. The van der Waals surface area contributed by atoms with Crippen molar-refractivity contribution in [3.8, 4) is 5.88 Å². The molecule has 1 aromatic rings. The van der Waals surface area contributed by atoms with Crippen molar-refractivity contribution in [3.63, 3.8) is 0 Å². The Kier molecular flexibility index (Phi) is 6.42. The van der Waals surface area contributed by atoms with Crippen molar-refractivity contribution in [1.29, 1.82) is 0 Å². The molecule has 1 heterocycles. The minimum atomic E-state index is 0.610. The van der Waals surface area contributed by atoms with Gasteiger partial charge in [0.25, 0.3) is 0 Å². The predicted octanol–water partition coefficient (Wildman–Crippen LogP) is 2.74. The minimum absolute atomic E-state index is 0.610. The molecule has 0 amide bonds. The van der Waals surface area contributed by atoms with Crippen LogP contribution >= 0.6 is 15.9 Å². The van der Waals surface area contributed by atoms with Gasteiger partial charge < -0.3 is 10.1 Å². The van der Waals surface area contributed by atoms with Gasteiger partial charge in [-0.05, 0) is 25.5 Å². The van der Waals surface area contributed by atoms with E-state index in [9.17, 15) is 0 Å². The molecule has 0 bridgehead atoms. The minimum Gasteiger partial charge on any atom is -0.481 e. The van der Waals surface area contributed by atoms with Crippen molar-refractivity contribution in [2.45, 2.75) is 31.1 Å². The van der Waals surface area contributed by atoms with Gasteiger partial charge in [0.15, 0.2) is 0 Å². The maximum atomic E-state index is 5.07. The molecule has 16 heavy (non-hydrogen) atoms. The summed E-state index contributed by atoms with van der Waals surface area (Å²) in [4.78, 5) is 4.94. The van der Waals surface area contributed by atoms with Gasteiger partial charge in [0.1, 0.15) is 0 Å². The SMILES string of the molecule is CCC(Br)CCNCc1cccc(OC)n1. The lowest BCUT2D eigenvalue weighted by Crippen LogP contribution is -2.18. The quantitative estimate of drug-likeness (QED) is 0.618. The van der Waals surface area contributed by atoms with Gasteiger partial charge in [-0.25, -0.2) is 4.98 Å². The lowest BCUT2D eigenvalue weighted by Gasteiger charge is -2.08. The van der Waals surface area contributed by atoms with Crippen molar-refractivity contribution < 1.29 is 4.74 Å². The van der Waals surface area contributed by atoms with Gasteiger partial charge in [-0.3, -0.25) is 0 Å². The second-order valence-electron chi connectivity index (χ2n) is 3.64. The molecule has 1 atom stereocenters. The molecule has 0 radical (unpaired) electrons. The van der Waals surface area contributed by atoms with Gasteiger partial charge in [0.2, 0.25) is 5.88 Å². The molecule has 1 N–H and O–H groups in total. The molecular formula is C12H19BrN2O. The smallest absolute Gasteiger partial charge is 0.213 e. The number of methoxy groups -OCH3 is 1. The predicted molar refractivity (Wildman–Crippen MR) is 70.1 cm³/mol. The molecule has 4 heteroatoms. The number of hydrogen-bond donors (Lipinski definition) is 1. The Hall–Kier alpha value is -0.610. The Morgan fingerprint density at radius 1 is 1.50 bits per heavy atom. The number of aromatic nitrogens is 1. The van der Waals surface area contributed by atoms with Gasteiger partial charge in [-0.1, -0.05) is 28.9 Å². The summed E-state index contributed by atoms with van der Waals surface area (Å²) in [6.07, 6.45) is 2.31. The number of halogens is 1. The summed E-state index contributed by atoms with van der Waals surface area (Å²) in [6.45, 7) is 3.98. The van der Waals surface area contributed by atoms with E-state index in [0.717, 1.165) is 25.2 Å².